The van der Waals surface area contributed by atoms with Crippen LogP contribution in [0.3, 0.4) is 0 Å². The van der Waals surface area contributed by atoms with Crippen LogP contribution in [0.4, 0.5) is 35.7 Å². The van der Waals surface area contributed by atoms with E-state index in [1.54, 1.807) is 0 Å². The topological polar surface area (TPSA) is 218 Å². The second kappa shape index (κ2) is 5.56. The predicted octanol–water partition coefficient (Wildman–Crippen LogP) is -0.214. The number of aromatic nitrogens is 10. The molecule has 4 N–H and O–H groups in total. The number of anilines is 4. The Balaban J connectivity index is 1.66. The van der Waals surface area contributed by atoms with E-state index in [2.05, 4.69) is 71.7 Å². The van der Waals surface area contributed by atoms with Gasteiger partial charge in [0.05, 0.1) is 0 Å². The second-order valence-corrected chi connectivity index (χ2v) is 3.45. The molecular formula is C6H4N14O2. The van der Waals surface area contributed by atoms with Gasteiger partial charge in [-0.3, -0.25) is 10.6 Å². The minimum Gasteiger partial charge on any atom is -0.290 e. The van der Waals surface area contributed by atoms with Gasteiger partial charge in [-0.15, -0.1) is 40.4 Å². The summed E-state index contributed by atoms with van der Waals surface area (Å²) in [6.45, 7) is 0. The average Bonchev–Trinajstić information content (AvgIpc) is 3.18. The molecule has 0 saturated heterocycles. The van der Waals surface area contributed by atoms with E-state index >= 15 is 0 Å². The molecule has 3 aromatic heterocycles. The molecule has 0 amide bonds. The number of aromatic amines is 2. The number of H-pyrrole nitrogens is 2. The minimum atomic E-state index is -0.272. The van der Waals surface area contributed by atoms with E-state index in [0.29, 0.717) is 0 Å². The maximum Gasteiger partial charge on any atom is 0.311 e. The zero-order chi connectivity index (χ0) is 15.4. The predicted molar refractivity (Wildman–Crippen MR) is 67.9 cm³/mol. The second-order valence-electron chi connectivity index (χ2n) is 3.45. The maximum absolute atomic E-state index is 10.2. The summed E-state index contributed by atoms with van der Waals surface area (Å²) in [5.74, 6) is -0.371. The lowest BCUT2D eigenvalue weighted by atomic mass is 10.8. The van der Waals surface area contributed by atoms with Crippen LogP contribution in [0.1, 0.15) is 0 Å². The molecule has 110 valence electrons. The molecule has 22 heavy (non-hydrogen) atoms. The monoisotopic (exact) mass is 304 g/mol. The number of rotatable bonds is 6. The zero-order valence-corrected chi connectivity index (χ0v) is 10.3. The molecule has 0 fully saturated rings. The lowest BCUT2D eigenvalue weighted by Crippen LogP contribution is -2.06. The molecule has 0 unspecified atom stereocenters. The van der Waals surface area contributed by atoms with Gasteiger partial charge in [0.25, 0.3) is 11.9 Å². The Morgan fingerprint density at radius 3 is 1.45 bits per heavy atom. The third kappa shape index (κ3) is 2.79. The smallest absolute Gasteiger partial charge is 0.290 e. The number of nitroso groups, excluding NO2 is 2. The molecule has 0 aromatic carbocycles. The first-order valence-corrected chi connectivity index (χ1v) is 5.40. The van der Waals surface area contributed by atoms with Gasteiger partial charge < -0.3 is 0 Å². The third-order valence-electron chi connectivity index (χ3n) is 2.05. The van der Waals surface area contributed by atoms with Crippen molar-refractivity contribution in [2.24, 2.45) is 10.4 Å². The van der Waals surface area contributed by atoms with Crippen LogP contribution in [-0.2, 0) is 0 Å². The molecule has 0 aliphatic carbocycles. The van der Waals surface area contributed by atoms with Crippen LogP contribution in [0.5, 0.6) is 0 Å². The van der Waals surface area contributed by atoms with Gasteiger partial charge in [-0.05, 0) is 0 Å². The van der Waals surface area contributed by atoms with Gasteiger partial charge in [-0.1, -0.05) is 0 Å². The van der Waals surface area contributed by atoms with Gasteiger partial charge in [-0.2, -0.15) is 9.97 Å². The molecule has 16 heteroatoms. The fourth-order valence-corrected chi connectivity index (χ4v) is 1.24. The summed E-state index contributed by atoms with van der Waals surface area (Å²) in [5.41, 5.74) is 0. The molecule has 0 saturated carbocycles. The Labute approximate surface area is 118 Å². The van der Waals surface area contributed by atoms with Crippen molar-refractivity contribution in [1.82, 2.24) is 50.8 Å². The highest BCUT2D eigenvalue weighted by Crippen LogP contribution is 2.11. The lowest BCUT2D eigenvalue weighted by molar-refractivity contribution is 0.869. The number of hydrogen-bond donors (Lipinski definition) is 4. The van der Waals surface area contributed by atoms with E-state index in [1.807, 2.05) is 0 Å². The van der Waals surface area contributed by atoms with Crippen molar-refractivity contribution >= 4 is 35.7 Å². The summed E-state index contributed by atoms with van der Waals surface area (Å²) >= 11 is 0. The molecule has 0 spiro atoms. The molecule has 3 heterocycles. The maximum atomic E-state index is 10.2. The van der Waals surface area contributed by atoms with Crippen molar-refractivity contribution in [3.05, 3.63) is 9.81 Å². The molecule has 0 aliphatic rings. The first kappa shape index (κ1) is 13.0. The average molecular weight is 304 g/mol. The summed E-state index contributed by atoms with van der Waals surface area (Å²) in [7, 11) is 0. The fourth-order valence-electron chi connectivity index (χ4n) is 1.24. The quantitative estimate of drug-likeness (QED) is 0.434. The van der Waals surface area contributed by atoms with Gasteiger partial charge in [0.1, 0.15) is 0 Å². The minimum absolute atomic E-state index is 0.00744. The van der Waals surface area contributed by atoms with Crippen LogP contribution in [-0.4, -0.2) is 50.8 Å². The van der Waals surface area contributed by atoms with E-state index in [1.165, 1.54) is 0 Å². The van der Waals surface area contributed by atoms with Crippen LogP contribution in [0.15, 0.2) is 10.4 Å². The van der Waals surface area contributed by atoms with Gasteiger partial charge in [0, 0.05) is 10.4 Å². The van der Waals surface area contributed by atoms with Crippen LogP contribution in [0.25, 0.3) is 0 Å². The van der Waals surface area contributed by atoms with Crippen LogP contribution < -0.4 is 10.6 Å². The van der Waals surface area contributed by atoms with E-state index in [-0.39, 0.29) is 35.7 Å². The molecule has 0 aliphatic heterocycles. The number of nitrogens with zero attached hydrogens (tertiary/aromatic N) is 10. The molecular weight excluding hydrogens is 300 g/mol. The van der Waals surface area contributed by atoms with Crippen LogP contribution in [0.2, 0.25) is 0 Å². The Morgan fingerprint density at radius 2 is 1.14 bits per heavy atom. The van der Waals surface area contributed by atoms with Crippen molar-refractivity contribution in [2.45, 2.75) is 0 Å². The first-order chi connectivity index (χ1) is 10.8. The van der Waals surface area contributed by atoms with Crippen molar-refractivity contribution in [1.29, 1.82) is 0 Å². The van der Waals surface area contributed by atoms with E-state index < -0.39 is 0 Å². The van der Waals surface area contributed by atoms with Gasteiger partial charge in [-0.25, -0.2) is 10.2 Å². The van der Waals surface area contributed by atoms with Gasteiger partial charge in [0.15, 0.2) is 0 Å². The highest BCUT2D eigenvalue weighted by Gasteiger charge is 2.08. The lowest BCUT2D eigenvalue weighted by Gasteiger charge is -2.00. The first-order valence-electron chi connectivity index (χ1n) is 5.40. The Hall–Kier alpha value is -3.98. The summed E-state index contributed by atoms with van der Waals surface area (Å²) in [6.07, 6.45) is 0. The zero-order valence-electron chi connectivity index (χ0n) is 10.3. The number of nitrogens with one attached hydrogen (secondary N) is 4. The Morgan fingerprint density at radius 1 is 0.727 bits per heavy atom. The summed E-state index contributed by atoms with van der Waals surface area (Å²) in [5, 5.41) is 36.7. The molecule has 0 atom stereocenters. The normalized spacial score (nSPS) is 10.2. The number of hydrogen-bond acceptors (Lipinski definition) is 14. The fraction of sp³-hybridized carbons (Fsp3) is 0. The standard InChI is InChI=1S/C6H4N14O2/c21-19-5-9-1(11-17-5)7-3-13-15-4(16-14-3)8-2-10-6(20-22)18-12-2/h(H2,7,9,11,13,14,17)(H2,8,10,12,15,16,18). The van der Waals surface area contributed by atoms with E-state index in [9.17, 15) is 9.81 Å². The van der Waals surface area contributed by atoms with Crippen molar-refractivity contribution < 1.29 is 0 Å². The molecule has 3 rings (SSSR count). The molecule has 16 nitrogen and oxygen atoms in total. The highest BCUT2D eigenvalue weighted by molar-refractivity contribution is 5.45. The largest absolute Gasteiger partial charge is 0.311 e. The van der Waals surface area contributed by atoms with Gasteiger partial charge in [0.2, 0.25) is 11.9 Å². The summed E-state index contributed by atoms with van der Waals surface area (Å²) in [6, 6.07) is 0. The van der Waals surface area contributed by atoms with Crippen molar-refractivity contribution in [2.75, 3.05) is 10.6 Å². The van der Waals surface area contributed by atoms with Gasteiger partial charge >= 0.3 is 11.9 Å². The van der Waals surface area contributed by atoms with E-state index in [0.717, 1.165) is 0 Å². The summed E-state index contributed by atoms with van der Waals surface area (Å²) in [4.78, 5) is 27.7. The van der Waals surface area contributed by atoms with E-state index in [4.69, 9.17) is 0 Å². The van der Waals surface area contributed by atoms with Crippen molar-refractivity contribution in [3.8, 4) is 0 Å². The summed E-state index contributed by atoms with van der Waals surface area (Å²) < 4.78 is 0. The highest BCUT2D eigenvalue weighted by atomic mass is 16.3. The van der Waals surface area contributed by atoms with Crippen LogP contribution in [0, 0.1) is 9.81 Å². The Bertz CT molecular complexity index is 723. The van der Waals surface area contributed by atoms with Crippen LogP contribution >= 0.6 is 0 Å². The molecule has 3 aromatic rings. The molecule has 0 radical (unpaired) electrons. The third-order valence-corrected chi connectivity index (χ3v) is 2.05. The van der Waals surface area contributed by atoms with Crippen molar-refractivity contribution in [3.63, 3.8) is 0 Å². The molecule has 0 bridgehead atoms. The SMILES string of the molecule is O=Nc1n[nH]c(Nc2nnc(Nc3nc(N=O)n[nH]3)nn2)n1. The Kier molecular flexibility index (Phi) is 3.29.